The van der Waals surface area contributed by atoms with Crippen LogP contribution in [0.4, 0.5) is 17.1 Å². The lowest BCUT2D eigenvalue weighted by atomic mass is 10.2. The molecule has 102 valence electrons. The molecule has 1 amide bonds. The molecule has 1 heterocycles. The molecule has 2 aromatic rings. The van der Waals surface area contributed by atoms with E-state index < -0.39 is 4.92 Å². The molecule has 0 atom stereocenters. The number of hydrogen-bond donors (Lipinski definition) is 2. The monoisotopic (exact) mass is 272 g/mol. The Balaban J connectivity index is 1.96. The van der Waals surface area contributed by atoms with Crippen LogP contribution in [-0.2, 0) is 4.79 Å². The molecule has 0 aliphatic heterocycles. The van der Waals surface area contributed by atoms with E-state index >= 15 is 0 Å². The predicted octanol–water partition coefficient (Wildman–Crippen LogP) is 2.04. The van der Waals surface area contributed by atoms with E-state index in [1.165, 1.54) is 6.07 Å². The van der Waals surface area contributed by atoms with E-state index in [-0.39, 0.29) is 18.1 Å². The smallest absolute Gasteiger partial charge is 0.292 e. The van der Waals surface area contributed by atoms with Crippen molar-refractivity contribution in [2.75, 3.05) is 17.2 Å². The highest BCUT2D eigenvalue weighted by molar-refractivity contribution is 5.93. The van der Waals surface area contributed by atoms with Gasteiger partial charge in [0.05, 0.1) is 11.5 Å². The minimum absolute atomic E-state index is 0.0623. The van der Waals surface area contributed by atoms with E-state index in [4.69, 9.17) is 0 Å². The number of hydrogen-bond acceptors (Lipinski definition) is 5. The van der Waals surface area contributed by atoms with Crippen molar-refractivity contribution in [2.24, 2.45) is 0 Å². The zero-order chi connectivity index (χ0) is 14.4. The maximum absolute atomic E-state index is 11.7. The summed E-state index contributed by atoms with van der Waals surface area (Å²) in [6, 6.07) is 9.48. The number of carbonyl (C=O) groups excluding carboxylic acids is 1. The van der Waals surface area contributed by atoms with Gasteiger partial charge in [-0.2, -0.15) is 0 Å². The van der Waals surface area contributed by atoms with Crippen LogP contribution in [0.5, 0.6) is 0 Å². The predicted molar refractivity (Wildman–Crippen MR) is 74.5 cm³/mol. The summed E-state index contributed by atoms with van der Waals surface area (Å²) in [5.41, 5.74) is 0.862. The molecule has 2 rings (SSSR count). The Morgan fingerprint density at radius 2 is 1.90 bits per heavy atom. The molecule has 0 saturated carbocycles. The molecule has 20 heavy (non-hydrogen) atoms. The van der Waals surface area contributed by atoms with E-state index in [9.17, 15) is 14.9 Å². The van der Waals surface area contributed by atoms with Crippen molar-refractivity contribution in [2.45, 2.75) is 0 Å². The Morgan fingerprint density at radius 3 is 2.60 bits per heavy atom. The zero-order valence-electron chi connectivity index (χ0n) is 10.4. The number of para-hydroxylation sites is 2. The van der Waals surface area contributed by atoms with Crippen molar-refractivity contribution in [3.63, 3.8) is 0 Å². The highest BCUT2D eigenvalue weighted by atomic mass is 16.6. The second kappa shape index (κ2) is 6.28. The summed E-state index contributed by atoms with van der Waals surface area (Å²) in [7, 11) is 0. The van der Waals surface area contributed by atoms with Gasteiger partial charge < -0.3 is 10.6 Å². The van der Waals surface area contributed by atoms with Crippen molar-refractivity contribution >= 4 is 23.0 Å². The summed E-state index contributed by atoms with van der Waals surface area (Å²) in [6.45, 7) is -0.0623. The Bertz CT molecular complexity index is 616. The van der Waals surface area contributed by atoms with Crippen molar-refractivity contribution < 1.29 is 9.72 Å². The number of nitro groups is 1. The summed E-state index contributed by atoms with van der Waals surface area (Å²) < 4.78 is 0. The average molecular weight is 272 g/mol. The molecule has 0 aliphatic rings. The van der Waals surface area contributed by atoms with Crippen LogP contribution in [0.15, 0.2) is 48.8 Å². The van der Waals surface area contributed by atoms with Gasteiger partial charge in [-0.25, -0.2) is 0 Å². The topological polar surface area (TPSA) is 97.2 Å². The third-order valence-electron chi connectivity index (χ3n) is 2.50. The van der Waals surface area contributed by atoms with Gasteiger partial charge in [-0.15, -0.1) is 0 Å². The van der Waals surface area contributed by atoms with Gasteiger partial charge in [0.1, 0.15) is 5.69 Å². The first-order chi connectivity index (χ1) is 9.66. The lowest BCUT2D eigenvalue weighted by molar-refractivity contribution is -0.383. The van der Waals surface area contributed by atoms with Crippen LogP contribution in [0, 0.1) is 10.1 Å². The number of nitrogens with one attached hydrogen (secondary N) is 2. The first kappa shape index (κ1) is 13.5. The first-order valence-electron chi connectivity index (χ1n) is 5.84. The Kier molecular flexibility index (Phi) is 4.23. The lowest BCUT2D eigenvalue weighted by Crippen LogP contribution is -2.22. The number of benzene rings is 1. The molecule has 0 radical (unpaired) electrons. The van der Waals surface area contributed by atoms with Gasteiger partial charge in [0, 0.05) is 24.1 Å². The molecule has 1 aromatic heterocycles. The molecular weight excluding hydrogens is 260 g/mol. The summed E-state index contributed by atoms with van der Waals surface area (Å²) in [5.74, 6) is -0.297. The number of rotatable bonds is 5. The number of carbonyl (C=O) groups is 1. The molecule has 0 spiro atoms. The fourth-order valence-corrected chi connectivity index (χ4v) is 1.60. The van der Waals surface area contributed by atoms with Gasteiger partial charge in [0.15, 0.2) is 0 Å². The lowest BCUT2D eigenvalue weighted by Gasteiger charge is -2.07. The fourth-order valence-electron chi connectivity index (χ4n) is 1.60. The number of aromatic nitrogens is 1. The van der Waals surface area contributed by atoms with Crippen LogP contribution in [0.2, 0.25) is 0 Å². The molecule has 0 aliphatic carbocycles. The van der Waals surface area contributed by atoms with Crippen LogP contribution in [-0.4, -0.2) is 22.4 Å². The summed E-state index contributed by atoms with van der Waals surface area (Å²) in [5, 5.41) is 16.2. The van der Waals surface area contributed by atoms with Crippen molar-refractivity contribution in [1.82, 2.24) is 4.98 Å². The van der Waals surface area contributed by atoms with E-state index in [1.54, 1.807) is 42.7 Å². The first-order valence-corrected chi connectivity index (χ1v) is 5.84. The van der Waals surface area contributed by atoms with Crippen molar-refractivity contribution in [3.8, 4) is 0 Å². The normalized spacial score (nSPS) is 9.80. The van der Waals surface area contributed by atoms with Crippen molar-refractivity contribution in [3.05, 3.63) is 58.9 Å². The van der Waals surface area contributed by atoms with Gasteiger partial charge in [-0.1, -0.05) is 12.1 Å². The SMILES string of the molecule is O=C(CNc1ccccc1[N+](=O)[O-])Nc1ccncc1. The summed E-state index contributed by atoms with van der Waals surface area (Å²) in [6.07, 6.45) is 3.12. The molecule has 0 fully saturated rings. The Labute approximate surface area is 114 Å². The number of amides is 1. The highest BCUT2D eigenvalue weighted by Gasteiger charge is 2.12. The minimum atomic E-state index is -0.497. The third kappa shape index (κ3) is 3.52. The van der Waals surface area contributed by atoms with Crippen LogP contribution in [0.25, 0.3) is 0 Å². The largest absolute Gasteiger partial charge is 0.371 e. The van der Waals surface area contributed by atoms with Gasteiger partial charge >= 0.3 is 0 Å². The van der Waals surface area contributed by atoms with Crippen LogP contribution < -0.4 is 10.6 Å². The molecule has 1 aromatic carbocycles. The third-order valence-corrected chi connectivity index (χ3v) is 2.50. The van der Waals surface area contributed by atoms with Crippen LogP contribution in [0.1, 0.15) is 0 Å². The molecule has 0 unspecified atom stereocenters. The van der Waals surface area contributed by atoms with E-state index in [0.717, 1.165) is 0 Å². The quantitative estimate of drug-likeness (QED) is 0.641. The van der Waals surface area contributed by atoms with Crippen LogP contribution >= 0.6 is 0 Å². The average Bonchev–Trinajstić information content (AvgIpc) is 2.46. The molecule has 7 nitrogen and oxygen atoms in total. The second-order valence-corrected chi connectivity index (χ2v) is 3.91. The number of nitrogens with zero attached hydrogens (tertiary/aromatic N) is 2. The van der Waals surface area contributed by atoms with Gasteiger partial charge in [0.2, 0.25) is 5.91 Å². The van der Waals surface area contributed by atoms with Crippen molar-refractivity contribution in [1.29, 1.82) is 0 Å². The molecule has 0 bridgehead atoms. The number of nitro benzene ring substituents is 1. The zero-order valence-corrected chi connectivity index (χ0v) is 10.4. The maximum atomic E-state index is 11.7. The summed E-state index contributed by atoms with van der Waals surface area (Å²) in [4.78, 5) is 25.9. The molecular formula is C13H12N4O3. The Morgan fingerprint density at radius 1 is 1.20 bits per heavy atom. The molecule has 0 saturated heterocycles. The second-order valence-electron chi connectivity index (χ2n) is 3.91. The van der Waals surface area contributed by atoms with E-state index in [1.807, 2.05) is 0 Å². The highest BCUT2D eigenvalue weighted by Crippen LogP contribution is 2.22. The molecule has 2 N–H and O–H groups in total. The maximum Gasteiger partial charge on any atom is 0.292 e. The van der Waals surface area contributed by atoms with Gasteiger partial charge in [-0.05, 0) is 18.2 Å². The standard InChI is InChI=1S/C13H12N4O3/c18-13(16-10-5-7-14-8-6-10)9-15-11-3-1-2-4-12(11)17(19)20/h1-8,15H,9H2,(H,14,16,18). The van der Waals surface area contributed by atoms with Crippen LogP contribution in [0.3, 0.4) is 0 Å². The fraction of sp³-hybridized carbons (Fsp3) is 0.0769. The minimum Gasteiger partial charge on any atom is -0.371 e. The van der Waals surface area contributed by atoms with E-state index in [0.29, 0.717) is 11.4 Å². The Hall–Kier alpha value is -2.96. The van der Waals surface area contributed by atoms with E-state index in [2.05, 4.69) is 15.6 Å². The molecule has 7 heteroatoms. The number of pyridine rings is 1. The number of anilines is 2. The van der Waals surface area contributed by atoms with Gasteiger partial charge in [0.25, 0.3) is 5.69 Å². The summed E-state index contributed by atoms with van der Waals surface area (Å²) >= 11 is 0. The van der Waals surface area contributed by atoms with Gasteiger partial charge in [-0.3, -0.25) is 19.9 Å².